The molecule has 1 saturated heterocycles. The van der Waals surface area contributed by atoms with Crippen molar-refractivity contribution in [1.82, 2.24) is 20.0 Å². The Kier molecular flexibility index (Phi) is 12.6. The molecule has 1 N–H and O–H groups in total. The number of unbranched alkanes of at least 4 members (excludes halogenated alkanes) is 3. The minimum atomic E-state index is -0.602. The molecule has 1 saturated carbocycles. The number of nitriles is 1. The van der Waals surface area contributed by atoms with Crippen LogP contribution < -0.4 is 5.32 Å². The Labute approximate surface area is 341 Å². The summed E-state index contributed by atoms with van der Waals surface area (Å²) in [5.41, 5.74) is 9.05. The second-order valence-corrected chi connectivity index (χ2v) is 16.1. The van der Waals surface area contributed by atoms with E-state index in [1.807, 2.05) is 35.0 Å². The van der Waals surface area contributed by atoms with Gasteiger partial charge in [0.05, 0.1) is 22.8 Å². The van der Waals surface area contributed by atoms with Gasteiger partial charge in [0.2, 0.25) is 11.8 Å². The quantitative estimate of drug-likeness (QED) is 0.0790. The van der Waals surface area contributed by atoms with Crippen LogP contribution in [0.4, 0.5) is 0 Å². The van der Waals surface area contributed by atoms with Crippen LogP contribution in [0.1, 0.15) is 126 Å². The van der Waals surface area contributed by atoms with E-state index in [0.717, 1.165) is 58.0 Å². The molecule has 0 radical (unpaired) electrons. The second kappa shape index (κ2) is 18.1. The summed E-state index contributed by atoms with van der Waals surface area (Å²) in [7, 11) is 0. The van der Waals surface area contributed by atoms with Gasteiger partial charge in [-0.3, -0.25) is 24.4 Å². The lowest BCUT2D eigenvalue weighted by Gasteiger charge is -2.29. The molecular weight excluding hydrogens is 730 g/mol. The Hall–Kier alpha value is -5.62. The van der Waals surface area contributed by atoms with Gasteiger partial charge < -0.3 is 4.90 Å². The van der Waals surface area contributed by atoms with E-state index in [1.165, 1.54) is 56.9 Å². The molecule has 8 nitrogen and oxygen atoms in total. The van der Waals surface area contributed by atoms with Crippen LogP contribution in [0.3, 0.4) is 0 Å². The summed E-state index contributed by atoms with van der Waals surface area (Å²) in [6.07, 6.45) is 12.3. The fourth-order valence-electron chi connectivity index (χ4n) is 8.32. The largest absolute Gasteiger partial charge is 0.322 e. The maximum Gasteiger partial charge on any atom is 0.255 e. The summed E-state index contributed by atoms with van der Waals surface area (Å²) in [5.74, 6) is 14.1. The van der Waals surface area contributed by atoms with Crippen molar-refractivity contribution in [1.29, 1.82) is 5.26 Å². The number of aromatic nitrogens is 2. The van der Waals surface area contributed by atoms with Gasteiger partial charge in [-0.05, 0) is 111 Å². The van der Waals surface area contributed by atoms with Crippen molar-refractivity contribution in [3.05, 3.63) is 110 Å². The number of hydrogen-bond donors (Lipinski definition) is 1. The van der Waals surface area contributed by atoms with Gasteiger partial charge in [0.1, 0.15) is 12.1 Å². The molecule has 3 heterocycles. The Bertz CT molecular complexity index is 2350. The summed E-state index contributed by atoms with van der Waals surface area (Å²) in [4.78, 5) is 38.4. The first-order valence-electron chi connectivity index (χ1n) is 20.3. The molecule has 7 rings (SSSR count). The SMILES string of the molecule is Cc1c(-c2ccc(C#N)c(Cl)c2)nn(Cc2ccc(C#CC3CCCC(CCCCCC#Cc4ccc5c(c4)CN(C4CCC(=O)NC4=O)C5=O)CC3)cc2)c1C. The van der Waals surface area contributed by atoms with Gasteiger partial charge in [0, 0.05) is 53.3 Å². The van der Waals surface area contributed by atoms with E-state index in [-0.39, 0.29) is 18.2 Å². The van der Waals surface area contributed by atoms with Crippen LogP contribution in [-0.2, 0) is 22.7 Å². The summed E-state index contributed by atoms with van der Waals surface area (Å²) >= 11 is 6.31. The third-order valence-corrected chi connectivity index (χ3v) is 12.1. The Morgan fingerprint density at radius 3 is 2.51 bits per heavy atom. The molecule has 0 bridgehead atoms. The lowest BCUT2D eigenvalue weighted by molar-refractivity contribution is -0.136. The zero-order chi connectivity index (χ0) is 39.9. The fourth-order valence-corrected chi connectivity index (χ4v) is 8.54. The molecule has 3 amide bonds. The number of halogens is 1. The van der Waals surface area contributed by atoms with Gasteiger partial charge in [-0.1, -0.05) is 85.6 Å². The third-order valence-electron chi connectivity index (χ3n) is 11.8. The number of nitrogens with one attached hydrogen (secondary N) is 1. The summed E-state index contributed by atoms with van der Waals surface area (Å²) in [6.45, 7) is 5.19. The van der Waals surface area contributed by atoms with Gasteiger partial charge in [-0.2, -0.15) is 10.4 Å². The van der Waals surface area contributed by atoms with Crippen LogP contribution in [0.25, 0.3) is 11.3 Å². The highest BCUT2D eigenvalue weighted by atomic mass is 35.5. The molecule has 3 atom stereocenters. The molecule has 3 unspecified atom stereocenters. The highest BCUT2D eigenvalue weighted by molar-refractivity contribution is 6.32. The van der Waals surface area contributed by atoms with E-state index in [2.05, 4.69) is 73.2 Å². The van der Waals surface area contributed by atoms with Crippen molar-refractivity contribution in [3.63, 3.8) is 0 Å². The Morgan fingerprint density at radius 2 is 1.72 bits per heavy atom. The van der Waals surface area contributed by atoms with Crippen LogP contribution in [0.2, 0.25) is 5.02 Å². The lowest BCUT2D eigenvalue weighted by Crippen LogP contribution is -2.52. The number of benzene rings is 3. The molecule has 1 aliphatic carbocycles. The molecule has 3 aromatic carbocycles. The first-order valence-corrected chi connectivity index (χ1v) is 20.7. The van der Waals surface area contributed by atoms with E-state index in [9.17, 15) is 19.6 Å². The van der Waals surface area contributed by atoms with Crippen molar-refractivity contribution < 1.29 is 14.4 Å². The van der Waals surface area contributed by atoms with Crippen molar-refractivity contribution in [2.45, 2.75) is 110 Å². The summed E-state index contributed by atoms with van der Waals surface area (Å²) in [5, 5.41) is 16.9. The zero-order valence-electron chi connectivity index (χ0n) is 32.8. The standard InChI is InChI=1S/C48H48ClN5O3/c1-32-33(2)54(52-46(32)39-22-23-40(29-50)43(49)28-39)30-38-19-17-36(18-20-38)16-15-35-12-8-11-34(13-14-35)9-6-4-3-5-7-10-37-21-24-42-41(27-37)31-53(48(42)57)44-25-26-45(55)51-47(44)56/h17-24,27-28,34-35,44H,3-6,8-9,11-14,25-26,30-31H2,1-2H3,(H,51,55,56). The number of carbonyl (C=O) groups is 3. The number of imide groups is 1. The maximum absolute atomic E-state index is 13.0. The Balaban J connectivity index is 0.817. The van der Waals surface area contributed by atoms with E-state index in [4.69, 9.17) is 16.7 Å². The van der Waals surface area contributed by atoms with E-state index in [1.54, 1.807) is 11.0 Å². The van der Waals surface area contributed by atoms with E-state index in [0.29, 0.717) is 41.6 Å². The third kappa shape index (κ3) is 9.51. The predicted octanol–water partition coefficient (Wildman–Crippen LogP) is 9.05. The molecule has 57 heavy (non-hydrogen) atoms. The minimum absolute atomic E-state index is 0.157. The average molecular weight is 778 g/mol. The maximum atomic E-state index is 13.0. The van der Waals surface area contributed by atoms with Crippen molar-refractivity contribution in [2.75, 3.05) is 0 Å². The van der Waals surface area contributed by atoms with Gasteiger partial charge in [-0.25, -0.2) is 0 Å². The van der Waals surface area contributed by atoms with Crippen LogP contribution >= 0.6 is 11.6 Å². The summed E-state index contributed by atoms with van der Waals surface area (Å²) < 4.78 is 2.03. The topological polar surface area (TPSA) is 108 Å². The van der Waals surface area contributed by atoms with Crippen LogP contribution in [0.5, 0.6) is 0 Å². The van der Waals surface area contributed by atoms with Gasteiger partial charge in [0.15, 0.2) is 0 Å². The highest BCUT2D eigenvalue weighted by Gasteiger charge is 2.39. The molecule has 290 valence electrons. The fraction of sp³-hybridized carbons (Fsp3) is 0.396. The van der Waals surface area contributed by atoms with Gasteiger partial charge in [-0.15, -0.1) is 0 Å². The number of hydrogen-bond acceptors (Lipinski definition) is 5. The van der Waals surface area contributed by atoms with E-state index < -0.39 is 11.9 Å². The molecule has 2 aliphatic heterocycles. The monoisotopic (exact) mass is 777 g/mol. The second-order valence-electron chi connectivity index (χ2n) is 15.7. The van der Waals surface area contributed by atoms with Crippen molar-refractivity contribution in [3.8, 4) is 41.0 Å². The average Bonchev–Trinajstić information content (AvgIpc) is 3.55. The normalized spacial score (nSPS) is 19.1. The lowest BCUT2D eigenvalue weighted by atomic mass is 9.93. The van der Waals surface area contributed by atoms with Gasteiger partial charge in [0.25, 0.3) is 5.91 Å². The minimum Gasteiger partial charge on any atom is -0.322 e. The molecule has 2 fully saturated rings. The molecule has 1 aromatic heterocycles. The van der Waals surface area contributed by atoms with Gasteiger partial charge >= 0.3 is 0 Å². The smallest absolute Gasteiger partial charge is 0.255 e. The van der Waals surface area contributed by atoms with Crippen molar-refractivity contribution >= 4 is 29.3 Å². The number of carbonyl (C=O) groups excluding carboxylic acids is 3. The highest BCUT2D eigenvalue weighted by Crippen LogP contribution is 2.32. The van der Waals surface area contributed by atoms with Crippen LogP contribution in [-0.4, -0.2) is 38.4 Å². The number of piperidine rings is 1. The zero-order valence-corrected chi connectivity index (χ0v) is 33.6. The molecule has 3 aliphatic rings. The number of nitrogens with zero attached hydrogens (tertiary/aromatic N) is 4. The number of fused-ring (bicyclic) bond motifs is 1. The molecular formula is C48H48ClN5O3. The Morgan fingerprint density at radius 1 is 0.895 bits per heavy atom. The van der Waals surface area contributed by atoms with E-state index >= 15 is 0 Å². The first kappa shape index (κ1) is 39.6. The van der Waals surface area contributed by atoms with Crippen molar-refractivity contribution in [2.24, 2.45) is 11.8 Å². The van der Waals surface area contributed by atoms with Crippen LogP contribution in [0.15, 0.2) is 60.7 Å². The predicted molar refractivity (Wildman–Crippen MR) is 222 cm³/mol. The summed E-state index contributed by atoms with van der Waals surface area (Å²) in [6, 6.07) is 21.2. The number of amides is 3. The van der Waals surface area contributed by atoms with Crippen LogP contribution in [0, 0.1) is 60.7 Å². The number of rotatable bonds is 9. The molecule has 4 aromatic rings. The molecule has 0 spiro atoms. The molecule has 9 heteroatoms. The first-order chi connectivity index (χ1) is 27.7.